The Kier molecular flexibility index (Phi) is 8.84. The molecule has 0 saturated carbocycles. The molecule has 0 bridgehead atoms. The van der Waals surface area contributed by atoms with Gasteiger partial charge in [-0.25, -0.2) is 4.68 Å². The van der Waals surface area contributed by atoms with Gasteiger partial charge in [0.25, 0.3) is 0 Å². The predicted molar refractivity (Wildman–Crippen MR) is 123 cm³/mol. The average molecular weight is 479 g/mol. The van der Waals surface area contributed by atoms with Crippen molar-refractivity contribution in [2.45, 2.75) is 45.6 Å². The van der Waals surface area contributed by atoms with Crippen LogP contribution in [0.1, 0.15) is 37.4 Å². The summed E-state index contributed by atoms with van der Waals surface area (Å²) in [5, 5.41) is 11.5. The van der Waals surface area contributed by atoms with Crippen LogP contribution in [0.5, 0.6) is 0 Å². The first-order valence-corrected chi connectivity index (χ1v) is 9.56. The normalized spacial score (nSPS) is 14.2. The molecule has 1 aliphatic rings. The molecule has 0 amide bonds. The van der Waals surface area contributed by atoms with Gasteiger partial charge in [0.1, 0.15) is 0 Å². The van der Waals surface area contributed by atoms with Crippen LogP contribution in [-0.2, 0) is 6.42 Å². The third-order valence-corrected chi connectivity index (χ3v) is 4.59. The SMILES string of the molecule is CCNC(=NCCCc1cn(-c2ccccc2)nc1C)NC1CC=CC1.I. The van der Waals surface area contributed by atoms with Gasteiger partial charge in [-0.05, 0) is 57.2 Å². The van der Waals surface area contributed by atoms with Crippen LogP contribution in [0.25, 0.3) is 5.69 Å². The monoisotopic (exact) mass is 479 g/mol. The van der Waals surface area contributed by atoms with E-state index in [1.54, 1.807) is 0 Å². The van der Waals surface area contributed by atoms with E-state index in [2.05, 4.69) is 60.1 Å². The molecule has 1 heterocycles. The van der Waals surface area contributed by atoms with Crippen molar-refractivity contribution in [3.63, 3.8) is 0 Å². The van der Waals surface area contributed by atoms with E-state index >= 15 is 0 Å². The number of aromatic nitrogens is 2. The van der Waals surface area contributed by atoms with Crippen LogP contribution in [0, 0.1) is 6.92 Å². The van der Waals surface area contributed by atoms with Gasteiger partial charge in [0.15, 0.2) is 5.96 Å². The lowest BCUT2D eigenvalue weighted by Crippen LogP contribution is -2.42. The molecule has 0 fully saturated rings. The predicted octanol–water partition coefficient (Wildman–Crippen LogP) is 4.01. The third-order valence-electron chi connectivity index (χ3n) is 4.59. The number of hydrogen-bond donors (Lipinski definition) is 2. The minimum absolute atomic E-state index is 0. The first-order valence-electron chi connectivity index (χ1n) is 9.56. The number of nitrogens with one attached hydrogen (secondary N) is 2. The summed E-state index contributed by atoms with van der Waals surface area (Å²) >= 11 is 0. The zero-order valence-corrected chi connectivity index (χ0v) is 18.5. The molecule has 27 heavy (non-hydrogen) atoms. The summed E-state index contributed by atoms with van der Waals surface area (Å²) in [6.07, 6.45) is 10.8. The molecule has 0 atom stereocenters. The Balaban J connectivity index is 0.00000261. The number of halogens is 1. The Morgan fingerprint density at radius 1 is 1.22 bits per heavy atom. The van der Waals surface area contributed by atoms with Gasteiger partial charge in [-0.15, -0.1) is 24.0 Å². The molecule has 1 aliphatic carbocycles. The van der Waals surface area contributed by atoms with Crippen molar-refractivity contribution in [2.75, 3.05) is 13.1 Å². The molecule has 0 saturated heterocycles. The second-order valence-corrected chi connectivity index (χ2v) is 6.67. The van der Waals surface area contributed by atoms with Crippen molar-refractivity contribution >= 4 is 29.9 Å². The maximum Gasteiger partial charge on any atom is 0.191 e. The summed E-state index contributed by atoms with van der Waals surface area (Å²) < 4.78 is 1.96. The standard InChI is InChI=1S/C21H29N5.HI/c1-3-22-21(24-19-11-7-8-12-19)23-15-9-10-18-16-26(25-17(18)2)20-13-5-4-6-14-20;/h4-8,13-14,16,19H,3,9-12,15H2,1-2H3,(H2,22,23,24);1H. The Morgan fingerprint density at radius 2 is 1.96 bits per heavy atom. The Morgan fingerprint density at radius 3 is 2.67 bits per heavy atom. The van der Waals surface area contributed by atoms with E-state index in [1.165, 1.54) is 5.56 Å². The molecular formula is C21H30IN5. The van der Waals surface area contributed by atoms with Crippen LogP contribution < -0.4 is 10.6 Å². The Hall–Kier alpha value is -1.83. The first kappa shape index (κ1) is 21.5. The number of benzene rings is 1. The van der Waals surface area contributed by atoms with Gasteiger partial charge >= 0.3 is 0 Å². The molecule has 0 spiro atoms. The van der Waals surface area contributed by atoms with Gasteiger partial charge in [0.2, 0.25) is 0 Å². The fourth-order valence-corrected chi connectivity index (χ4v) is 3.16. The number of nitrogens with zero attached hydrogens (tertiary/aromatic N) is 3. The summed E-state index contributed by atoms with van der Waals surface area (Å²) in [4.78, 5) is 4.73. The molecule has 146 valence electrons. The molecule has 2 aromatic rings. The first-order chi connectivity index (χ1) is 12.8. The Bertz CT molecular complexity index is 743. The van der Waals surface area contributed by atoms with Gasteiger partial charge in [-0.2, -0.15) is 5.10 Å². The van der Waals surface area contributed by atoms with E-state index in [0.717, 1.165) is 56.1 Å². The van der Waals surface area contributed by atoms with Crippen LogP contribution in [0.2, 0.25) is 0 Å². The van der Waals surface area contributed by atoms with E-state index in [0.29, 0.717) is 6.04 Å². The fourth-order valence-electron chi connectivity index (χ4n) is 3.16. The Labute approximate surface area is 179 Å². The van der Waals surface area contributed by atoms with Crippen molar-refractivity contribution in [2.24, 2.45) is 4.99 Å². The zero-order chi connectivity index (χ0) is 18.2. The van der Waals surface area contributed by atoms with E-state index in [-0.39, 0.29) is 24.0 Å². The largest absolute Gasteiger partial charge is 0.357 e. The number of aliphatic imine (C=N–C) groups is 1. The number of hydrogen-bond acceptors (Lipinski definition) is 2. The third kappa shape index (κ3) is 6.37. The maximum absolute atomic E-state index is 4.73. The summed E-state index contributed by atoms with van der Waals surface area (Å²) in [5.41, 5.74) is 3.49. The lowest BCUT2D eigenvalue weighted by Gasteiger charge is -2.16. The number of guanidine groups is 1. The number of para-hydroxylation sites is 1. The van der Waals surface area contributed by atoms with Crippen molar-refractivity contribution in [1.82, 2.24) is 20.4 Å². The van der Waals surface area contributed by atoms with Gasteiger partial charge in [-0.1, -0.05) is 30.4 Å². The topological polar surface area (TPSA) is 54.2 Å². The summed E-state index contributed by atoms with van der Waals surface area (Å²) in [7, 11) is 0. The second kappa shape index (κ2) is 11.1. The van der Waals surface area contributed by atoms with Gasteiger partial charge < -0.3 is 10.6 Å². The average Bonchev–Trinajstić information content (AvgIpc) is 3.29. The van der Waals surface area contributed by atoms with Crippen molar-refractivity contribution in [1.29, 1.82) is 0 Å². The van der Waals surface area contributed by atoms with Crippen LogP contribution in [0.15, 0.2) is 53.7 Å². The lowest BCUT2D eigenvalue weighted by molar-refractivity contribution is 0.632. The molecule has 3 rings (SSSR count). The zero-order valence-electron chi connectivity index (χ0n) is 16.2. The van der Waals surface area contributed by atoms with Gasteiger partial charge in [-0.3, -0.25) is 4.99 Å². The van der Waals surface area contributed by atoms with Crippen LogP contribution in [0.3, 0.4) is 0 Å². The van der Waals surface area contributed by atoms with Crippen LogP contribution >= 0.6 is 24.0 Å². The van der Waals surface area contributed by atoms with Crippen molar-refractivity contribution in [3.8, 4) is 5.69 Å². The minimum atomic E-state index is 0. The molecule has 2 N–H and O–H groups in total. The highest BCUT2D eigenvalue weighted by Crippen LogP contribution is 2.13. The van der Waals surface area contributed by atoms with E-state index in [9.17, 15) is 0 Å². The van der Waals surface area contributed by atoms with E-state index in [4.69, 9.17) is 4.99 Å². The smallest absolute Gasteiger partial charge is 0.191 e. The molecule has 1 aromatic carbocycles. The molecule has 0 unspecified atom stereocenters. The van der Waals surface area contributed by atoms with E-state index < -0.39 is 0 Å². The lowest BCUT2D eigenvalue weighted by atomic mass is 10.1. The molecule has 1 aromatic heterocycles. The van der Waals surface area contributed by atoms with Crippen molar-refractivity contribution in [3.05, 3.63) is 59.9 Å². The molecule has 0 aliphatic heterocycles. The number of aryl methyl sites for hydroxylation is 2. The summed E-state index contributed by atoms with van der Waals surface area (Å²) in [6.45, 7) is 5.88. The van der Waals surface area contributed by atoms with Crippen LogP contribution in [0.4, 0.5) is 0 Å². The highest BCUT2D eigenvalue weighted by molar-refractivity contribution is 14.0. The summed E-state index contributed by atoms with van der Waals surface area (Å²) in [5.74, 6) is 0.929. The molecular weight excluding hydrogens is 449 g/mol. The molecule has 5 nitrogen and oxygen atoms in total. The van der Waals surface area contributed by atoms with Gasteiger partial charge in [0.05, 0.1) is 11.4 Å². The highest BCUT2D eigenvalue weighted by atomic mass is 127. The van der Waals surface area contributed by atoms with Gasteiger partial charge in [0, 0.05) is 25.3 Å². The second-order valence-electron chi connectivity index (χ2n) is 6.67. The quantitative estimate of drug-likeness (QED) is 0.208. The maximum atomic E-state index is 4.73. The molecule has 6 heteroatoms. The van der Waals surface area contributed by atoms with Crippen molar-refractivity contribution < 1.29 is 0 Å². The minimum Gasteiger partial charge on any atom is -0.357 e. The number of rotatable bonds is 7. The fraction of sp³-hybridized carbons (Fsp3) is 0.429. The van der Waals surface area contributed by atoms with E-state index in [1.807, 2.05) is 22.9 Å². The molecule has 0 radical (unpaired) electrons. The summed E-state index contributed by atoms with van der Waals surface area (Å²) in [6, 6.07) is 10.7. The van der Waals surface area contributed by atoms with Crippen LogP contribution in [-0.4, -0.2) is 34.9 Å². The highest BCUT2D eigenvalue weighted by Gasteiger charge is 2.11.